The van der Waals surface area contributed by atoms with Crippen molar-refractivity contribution >= 4 is 11.9 Å². The average molecular weight is 277 g/mol. The average Bonchev–Trinajstić information content (AvgIpc) is 2.55. The third kappa shape index (κ3) is 4.34. The number of azide groups is 1. The Bertz CT molecular complexity index is 672. The molecule has 0 aromatic heterocycles. The zero-order valence-electron chi connectivity index (χ0n) is 11.5. The van der Waals surface area contributed by atoms with Gasteiger partial charge in [-0.15, -0.1) is 0 Å². The fourth-order valence-corrected chi connectivity index (χ4v) is 1.99. The van der Waals surface area contributed by atoms with Crippen molar-refractivity contribution in [1.82, 2.24) is 0 Å². The molecule has 0 heterocycles. The first-order valence-electron chi connectivity index (χ1n) is 6.67. The summed E-state index contributed by atoms with van der Waals surface area (Å²) in [7, 11) is 0. The Morgan fingerprint density at radius 3 is 2.29 bits per heavy atom. The van der Waals surface area contributed by atoms with Gasteiger partial charge in [-0.2, -0.15) is 0 Å². The highest BCUT2D eigenvalue weighted by atomic mass is 16.1. The van der Waals surface area contributed by atoms with Crippen LogP contribution in [0, 0.1) is 0 Å². The molecule has 4 heteroatoms. The SMILES string of the molecule is [N-]=[N+]=NCC/C(=C\c1ccccc1)C(=O)c1ccccc1. The van der Waals surface area contributed by atoms with Crippen LogP contribution in [0.3, 0.4) is 0 Å². The summed E-state index contributed by atoms with van der Waals surface area (Å²) in [6.45, 7) is 0.272. The van der Waals surface area contributed by atoms with Crippen LogP contribution < -0.4 is 0 Å². The molecule has 2 aromatic carbocycles. The van der Waals surface area contributed by atoms with Gasteiger partial charge in [0.2, 0.25) is 0 Å². The van der Waals surface area contributed by atoms with E-state index in [0.29, 0.717) is 17.6 Å². The summed E-state index contributed by atoms with van der Waals surface area (Å²) in [5.74, 6) is -0.0346. The van der Waals surface area contributed by atoms with Gasteiger partial charge in [-0.1, -0.05) is 65.8 Å². The maximum absolute atomic E-state index is 12.5. The van der Waals surface area contributed by atoms with Crippen LogP contribution in [-0.2, 0) is 0 Å². The molecule has 0 aliphatic rings. The van der Waals surface area contributed by atoms with Gasteiger partial charge in [-0.3, -0.25) is 4.79 Å². The summed E-state index contributed by atoms with van der Waals surface area (Å²) < 4.78 is 0. The van der Waals surface area contributed by atoms with Crippen LogP contribution in [0.2, 0.25) is 0 Å². The van der Waals surface area contributed by atoms with Crippen LogP contribution in [0.4, 0.5) is 0 Å². The maximum Gasteiger partial charge on any atom is 0.189 e. The lowest BCUT2D eigenvalue weighted by Gasteiger charge is -2.06. The van der Waals surface area contributed by atoms with Gasteiger partial charge in [-0.05, 0) is 23.6 Å². The molecule has 0 saturated heterocycles. The first-order valence-corrected chi connectivity index (χ1v) is 6.67. The summed E-state index contributed by atoms with van der Waals surface area (Å²) in [5, 5.41) is 3.52. The molecule has 0 unspecified atom stereocenters. The van der Waals surface area contributed by atoms with Gasteiger partial charge in [0, 0.05) is 22.6 Å². The fourth-order valence-electron chi connectivity index (χ4n) is 1.99. The molecule has 0 spiro atoms. The Morgan fingerprint density at radius 2 is 1.67 bits per heavy atom. The Morgan fingerprint density at radius 1 is 1.05 bits per heavy atom. The first kappa shape index (κ1) is 14.6. The molecule has 2 rings (SSSR count). The number of carbonyl (C=O) groups is 1. The number of rotatable bonds is 6. The molecule has 21 heavy (non-hydrogen) atoms. The van der Waals surface area contributed by atoms with E-state index in [9.17, 15) is 4.79 Å². The van der Waals surface area contributed by atoms with E-state index in [2.05, 4.69) is 10.0 Å². The number of hydrogen-bond acceptors (Lipinski definition) is 2. The van der Waals surface area contributed by atoms with Crippen molar-refractivity contribution < 1.29 is 4.79 Å². The standard InChI is InChI=1S/C17H15N3O/c18-20-19-12-11-16(13-14-7-3-1-4-8-14)17(21)15-9-5-2-6-10-15/h1-10,13H,11-12H2/b16-13+. The molecule has 0 fully saturated rings. The lowest BCUT2D eigenvalue weighted by atomic mass is 9.98. The van der Waals surface area contributed by atoms with Gasteiger partial charge in [0.05, 0.1) is 0 Å². The van der Waals surface area contributed by atoms with Crippen molar-refractivity contribution in [2.75, 3.05) is 6.54 Å². The minimum Gasteiger partial charge on any atom is -0.289 e. The van der Waals surface area contributed by atoms with Gasteiger partial charge in [0.15, 0.2) is 5.78 Å². The summed E-state index contributed by atoms with van der Waals surface area (Å²) in [6, 6.07) is 18.8. The lowest BCUT2D eigenvalue weighted by Crippen LogP contribution is -2.04. The second kappa shape index (κ2) is 7.68. The van der Waals surface area contributed by atoms with Crippen LogP contribution in [-0.4, -0.2) is 12.3 Å². The van der Waals surface area contributed by atoms with E-state index in [0.717, 1.165) is 5.56 Å². The quantitative estimate of drug-likeness (QED) is 0.249. The number of benzene rings is 2. The van der Waals surface area contributed by atoms with Crippen molar-refractivity contribution in [2.45, 2.75) is 6.42 Å². The molecule has 0 aliphatic heterocycles. The molecule has 0 amide bonds. The molecule has 104 valence electrons. The fraction of sp³-hybridized carbons (Fsp3) is 0.118. The van der Waals surface area contributed by atoms with E-state index in [1.54, 1.807) is 12.1 Å². The van der Waals surface area contributed by atoms with Gasteiger partial charge in [-0.25, -0.2) is 0 Å². The van der Waals surface area contributed by atoms with E-state index in [4.69, 9.17) is 5.53 Å². The number of Topliss-reactive ketones (excluding diaryl/α,β-unsaturated/α-hetero) is 1. The molecule has 4 nitrogen and oxygen atoms in total. The van der Waals surface area contributed by atoms with Crippen LogP contribution in [0.15, 0.2) is 71.4 Å². The number of carbonyl (C=O) groups excluding carboxylic acids is 1. The normalized spacial score (nSPS) is 10.8. The molecule has 0 atom stereocenters. The first-order chi connectivity index (χ1) is 10.3. The Hall–Kier alpha value is -2.84. The van der Waals surface area contributed by atoms with E-state index in [1.807, 2.05) is 54.6 Å². The third-order valence-corrected chi connectivity index (χ3v) is 3.01. The second-order valence-corrected chi connectivity index (χ2v) is 4.48. The number of ketones is 1. The van der Waals surface area contributed by atoms with Crippen molar-refractivity contribution in [2.24, 2.45) is 5.11 Å². The van der Waals surface area contributed by atoms with Gasteiger partial charge >= 0.3 is 0 Å². The van der Waals surface area contributed by atoms with E-state index < -0.39 is 0 Å². The van der Waals surface area contributed by atoms with Crippen molar-refractivity contribution in [1.29, 1.82) is 0 Å². The highest BCUT2D eigenvalue weighted by Gasteiger charge is 2.11. The molecular formula is C17H15N3O. The molecular weight excluding hydrogens is 262 g/mol. The zero-order chi connectivity index (χ0) is 14.9. The van der Waals surface area contributed by atoms with Crippen LogP contribution in [0.5, 0.6) is 0 Å². The minimum absolute atomic E-state index is 0.0346. The smallest absolute Gasteiger partial charge is 0.189 e. The Kier molecular flexibility index (Phi) is 5.33. The maximum atomic E-state index is 12.5. The van der Waals surface area contributed by atoms with E-state index >= 15 is 0 Å². The monoisotopic (exact) mass is 277 g/mol. The third-order valence-electron chi connectivity index (χ3n) is 3.01. The van der Waals surface area contributed by atoms with Gasteiger partial charge < -0.3 is 0 Å². The molecule has 2 aromatic rings. The van der Waals surface area contributed by atoms with Crippen molar-refractivity contribution in [3.8, 4) is 0 Å². The molecule has 0 N–H and O–H groups in total. The van der Waals surface area contributed by atoms with E-state index in [-0.39, 0.29) is 12.3 Å². The Balaban J connectivity index is 2.29. The zero-order valence-corrected chi connectivity index (χ0v) is 11.5. The highest BCUT2D eigenvalue weighted by Crippen LogP contribution is 2.16. The van der Waals surface area contributed by atoms with Gasteiger partial charge in [0.25, 0.3) is 0 Å². The summed E-state index contributed by atoms with van der Waals surface area (Å²) >= 11 is 0. The highest BCUT2D eigenvalue weighted by molar-refractivity contribution is 6.11. The van der Waals surface area contributed by atoms with Crippen LogP contribution in [0.1, 0.15) is 22.3 Å². The lowest BCUT2D eigenvalue weighted by molar-refractivity contribution is 0.103. The summed E-state index contributed by atoms with van der Waals surface area (Å²) in [5.41, 5.74) is 10.6. The van der Waals surface area contributed by atoms with Crippen LogP contribution >= 0.6 is 0 Å². The molecule has 0 aliphatic carbocycles. The summed E-state index contributed by atoms with van der Waals surface area (Å²) in [4.78, 5) is 15.3. The summed E-state index contributed by atoms with van der Waals surface area (Å²) in [6.07, 6.45) is 2.27. The number of hydrogen-bond donors (Lipinski definition) is 0. The van der Waals surface area contributed by atoms with E-state index in [1.165, 1.54) is 0 Å². The predicted octanol–water partition coefficient (Wildman–Crippen LogP) is 4.65. The molecule has 0 bridgehead atoms. The van der Waals surface area contributed by atoms with Gasteiger partial charge in [0.1, 0.15) is 0 Å². The van der Waals surface area contributed by atoms with Crippen LogP contribution in [0.25, 0.3) is 16.5 Å². The molecule has 0 radical (unpaired) electrons. The van der Waals surface area contributed by atoms with Crippen molar-refractivity contribution in [3.05, 3.63) is 87.8 Å². The predicted molar refractivity (Wildman–Crippen MR) is 83.8 cm³/mol. The van der Waals surface area contributed by atoms with Crippen molar-refractivity contribution in [3.63, 3.8) is 0 Å². The Labute approximate surface area is 123 Å². The largest absolute Gasteiger partial charge is 0.289 e. The topological polar surface area (TPSA) is 65.8 Å². The second-order valence-electron chi connectivity index (χ2n) is 4.48. The molecule has 0 saturated carbocycles. The number of nitrogens with zero attached hydrogens (tertiary/aromatic N) is 3. The minimum atomic E-state index is -0.0346.